The molecule has 4 rings (SSSR count). The van der Waals surface area contributed by atoms with Crippen LogP contribution >= 0.6 is 0 Å². The van der Waals surface area contributed by atoms with Crippen LogP contribution in [0.1, 0.15) is 81.2 Å². The second-order valence-electron chi connectivity index (χ2n) is 13.3. The lowest BCUT2D eigenvalue weighted by molar-refractivity contribution is -0.142. The highest BCUT2D eigenvalue weighted by molar-refractivity contribution is 7.82. The molecule has 0 bridgehead atoms. The van der Waals surface area contributed by atoms with Gasteiger partial charge in [0.2, 0.25) is 12.3 Å². The lowest BCUT2D eigenvalue weighted by Crippen LogP contribution is -2.39. The summed E-state index contributed by atoms with van der Waals surface area (Å²) in [6.07, 6.45) is 0.668. The number of primary amides is 1. The van der Waals surface area contributed by atoms with E-state index in [1.165, 1.54) is 22.3 Å². The summed E-state index contributed by atoms with van der Waals surface area (Å²) in [5.74, 6) is -1.17. The minimum atomic E-state index is -1.30. The van der Waals surface area contributed by atoms with Crippen LogP contribution in [0.4, 0.5) is 11.4 Å². The van der Waals surface area contributed by atoms with E-state index in [0.29, 0.717) is 13.1 Å². The Morgan fingerprint density at radius 1 is 1.12 bits per heavy atom. The molecule has 3 aromatic carbocycles. The van der Waals surface area contributed by atoms with Crippen LogP contribution in [-0.2, 0) is 31.9 Å². The molecule has 7 N–H and O–H groups in total. The lowest BCUT2D eigenvalue weighted by Gasteiger charge is -2.34. The highest BCUT2D eigenvalue weighted by Gasteiger charge is 2.32. The maximum atomic E-state index is 13.7. The van der Waals surface area contributed by atoms with Crippen molar-refractivity contribution in [1.29, 1.82) is 0 Å². The molecular formula is C37H51N5O6S. The van der Waals surface area contributed by atoms with Gasteiger partial charge in [-0.05, 0) is 78.6 Å². The van der Waals surface area contributed by atoms with Crippen LogP contribution in [0.15, 0.2) is 59.5 Å². The van der Waals surface area contributed by atoms with Crippen molar-refractivity contribution < 1.29 is 28.4 Å². The molecule has 0 aliphatic carbocycles. The zero-order chi connectivity index (χ0) is 36.5. The topological polar surface area (TPSA) is 177 Å². The third-order valence-electron chi connectivity index (χ3n) is 8.55. The summed E-state index contributed by atoms with van der Waals surface area (Å²) in [5, 5.41) is 13.6. The molecule has 3 aromatic rings. The predicted molar refractivity (Wildman–Crippen MR) is 195 cm³/mol. The summed E-state index contributed by atoms with van der Waals surface area (Å²) in [5.41, 5.74) is 19.1. The highest BCUT2D eigenvalue weighted by atomic mass is 32.2. The van der Waals surface area contributed by atoms with Gasteiger partial charge in [-0.25, -0.2) is 13.3 Å². The number of nitrogens with zero attached hydrogens (tertiary/aromatic N) is 1. The number of aliphatic carboxylic acids is 1. The second kappa shape index (κ2) is 17.3. The number of rotatable bonds is 12. The van der Waals surface area contributed by atoms with Gasteiger partial charge in [0.1, 0.15) is 28.9 Å². The van der Waals surface area contributed by atoms with E-state index in [1.54, 1.807) is 0 Å². The minimum Gasteiger partial charge on any atom is -0.488 e. The van der Waals surface area contributed by atoms with Gasteiger partial charge in [0.05, 0.1) is 22.7 Å². The number of fused-ring (bicyclic) bond motifs is 1. The number of amides is 2. The van der Waals surface area contributed by atoms with Crippen LogP contribution in [-0.4, -0.2) is 57.1 Å². The zero-order valence-corrected chi connectivity index (χ0v) is 30.4. The van der Waals surface area contributed by atoms with E-state index in [4.69, 9.17) is 21.3 Å². The summed E-state index contributed by atoms with van der Waals surface area (Å²) in [4.78, 5) is 30.9. The molecule has 2 amide bonds. The van der Waals surface area contributed by atoms with Crippen molar-refractivity contribution in [3.63, 3.8) is 0 Å². The van der Waals surface area contributed by atoms with Crippen LogP contribution < -0.4 is 26.8 Å². The predicted octanol–water partition coefficient (Wildman–Crippen LogP) is 5.25. The Morgan fingerprint density at radius 2 is 1.82 bits per heavy atom. The number of carbonyl (C=O) groups is 3. The maximum absolute atomic E-state index is 13.7. The van der Waals surface area contributed by atoms with Crippen molar-refractivity contribution in [1.82, 2.24) is 9.62 Å². The molecule has 0 saturated carbocycles. The van der Waals surface area contributed by atoms with Gasteiger partial charge in [-0.2, -0.15) is 0 Å². The van der Waals surface area contributed by atoms with Crippen molar-refractivity contribution in [2.75, 3.05) is 24.1 Å². The molecule has 0 aromatic heterocycles. The number of nitrogen functional groups attached to an aromatic ring is 1. The van der Waals surface area contributed by atoms with Crippen LogP contribution in [0.5, 0.6) is 5.75 Å². The smallest absolute Gasteiger partial charge is 0.326 e. The first-order valence-corrected chi connectivity index (χ1v) is 17.6. The van der Waals surface area contributed by atoms with E-state index in [2.05, 4.69) is 88.4 Å². The molecule has 49 heavy (non-hydrogen) atoms. The third kappa shape index (κ3) is 10.1. The largest absolute Gasteiger partial charge is 0.488 e. The van der Waals surface area contributed by atoms with Crippen molar-refractivity contribution in [2.45, 2.75) is 90.8 Å². The van der Waals surface area contributed by atoms with Gasteiger partial charge < -0.3 is 31.9 Å². The first kappa shape index (κ1) is 39.0. The highest BCUT2D eigenvalue weighted by Crippen LogP contribution is 2.44. The Kier molecular flexibility index (Phi) is 13.8. The Hall–Kier alpha value is -4.42. The monoisotopic (exact) mass is 693 g/mol. The number of nitrogens with two attached hydrogens (primary N) is 2. The van der Waals surface area contributed by atoms with Crippen molar-refractivity contribution in [3.05, 3.63) is 82.4 Å². The molecule has 3 unspecified atom stereocenters. The summed E-state index contributed by atoms with van der Waals surface area (Å²) >= 11 is 0. The van der Waals surface area contributed by atoms with Gasteiger partial charge in [-0.1, -0.05) is 64.1 Å². The van der Waals surface area contributed by atoms with E-state index >= 15 is 0 Å². The average molecular weight is 694 g/mol. The van der Waals surface area contributed by atoms with E-state index in [-0.39, 0.29) is 23.8 Å². The molecule has 4 atom stereocenters. The molecule has 11 nitrogen and oxygen atoms in total. The third-order valence-corrected chi connectivity index (χ3v) is 10.0. The first-order valence-electron chi connectivity index (χ1n) is 16.5. The fraction of sp³-hybridized carbons (Fsp3) is 0.432. The number of benzene rings is 3. The number of hydrogen-bond acceptors (Lipinski definition) is 7. The molecule has 266 valence electrons. The van der Waals surface area contributed by atoms with E-state index in [0.717, 1.165) is 40.5 Å². The summed E-state index contributed by atoms with van der Waals surface area (Å²) in [6, 6.07) is 17.6. The van der Waals surface area contributed by atoms with Gasteiger partial charge in [-0.15, -0.1) is 0 Å². The Labute approximate surface area is 292 Å². The van der Waals surface area contributed by atoms with Crippen LogP contribution in [0, 0.1) is 19.3 Å². The summed E-state index contributed by atoms with van der Waals surface area (Å²) < 4.78 is 22.0. The first-order chi connectivity index (χ1) is 23.1. The minimum absolute atomic E-state index is 0.00529. The SMILES string of the molecule is CCNc1ccc(C(c2ccc(C)c(CN3C[C@@H](CC)Oc4ccccc4S3=O)c2)C(C)(C)C)c(C)c1N.NC(=O)CC(NC=O)C(=O)O. The summed E-state index contributed by atoms with van der Waals surface area (Å²) in [6.45, 7) is 17.4. The summed E-state index contributed by atoms with van der Waals surface area (Å²) in [7, 11) is -1.30. The number of nitrogens with one attached hydrogen (secondary N) is 2. The fourth-order valence-corrected chi connectivity index (χ4v) is 7.28. The number of hydrogen-bond donors (Lipinski definition) is 5. The quantitative estimate of drug-likeness (QED) is 0.126. The van der Waals surface area contributed by atoms with Crippen LogP contribution in [0.2, 0.25) is 0 Å². The Bertz CT molecular complexity index is 1660. The Morgan fingerprint density at radius 3 is 2.41 bits per heavy atom. The molecule has 1 aliphatic heterocycles. The standard InChI is InChI=1S/C32H43N3O2S.C5H8N2O4/c1-8-25-20-35(38(36)29-13-11-10-12-28(29)37-25)19-24-18-23(15-14-21(24)3)30(32(5,6)7)26-16-17-27(34-9-2)31(33)22(26)4;6-4(9)1-3(5(10)11)7-2-8/h10-18,25,30,34H,8-9,19-20,33H2,1-7H3;2-3H,1H2,(H2,6,9)(H,7,8)(H,10,11)/t25-,30?,38?;/m1./s1. The second-order valence-corrected chi connectivity index (χ2v) is 14.7. The number of para-hydroxylation sites is 1. The average Bonchev–Trinajstić information content (AvgIpc) is 3.17. The number of aryl methyl sites for hydroxylation is 1. The molecule has 0 saturated heterocycles. The van der Waals surface area contributed by atoms with Gasteiger partial charge in [-0.3, -0.25) is 9.59 Å². The zero-order valence-electron chi connectivity index (χ0n) is 29.5. The number of ether oxygens (including phenoxy) is 1. The van der Waals surface area contributed by atoms with Gasteiger partial charge in [0, 0.05) is 25.6 Å². The van der Waals surface area contributed by atoms with Crippen molar-refractivity contribution >= 4 is 40.6 Å². The number of carboxylic acid groups (broad SMARTS) is 1. The molecular weight excluding hydrogens is 643 g/mol. The van der Waals surface area contributed by atoms with Gasteiger partial charge >= 0.3 is 5.97 Å². The number of anilines is 2. The van der Waals surface area contributed by atoms with Crippen molar-refractivity contribution in [3.8, 4) is 5.75 Å². The van der Waals surface area contributed by atoms with Gasteiger partial charge in [0.15, 0.2) is 0 Å². The van der Waals surface area contributed by atoms with Gasteiger partial charge in [0.25, 0.3) is 0 Å². The molecule has 1 aliphatic rings. The molecule has 1 heterocycles. The fourth-order valence-electron chi connectivity index (χ4n) is 5.96. The lowest BCUT2D eigenvalue weighted by atomic mass is 9.71. The van der Waals surface area contributed by atoms with E-state index in [1.807, 2.05) is 29.6 Å². The normalized spacial score (nSPS) is 17.2. The number of carboxylic acids is 1. The van der Waals surface area contributed by atoms with Crippen LogP contribution in [0.3, 0.4) is 0 Å². The van der Waals surface area contributed by atoms with E-state index in [9.17, 15) is 18.6 Å². The maximum Gasteiger partial charge on any atom is 0.326 e. The molecule has 0 fully saturated rings. The van der Waals surface area contributed by atoms with E-state index < -0.39 is 35.3 Å². The molecule has 0 radical (unpaired) electrons. The molecule has 0 spiro atoms. The van der Waals surface area contributed by atoms with Crippen LogP contribution in [0.25, 0.3) is 0 Å². The van der Waals surface area contributed by atoms with Crippen molar-refractivity contribution in [2.24, 2.45) is 11.1 Å². The number of carbonyl (C=O) groups excluding carboxylic acids is 2. The molecule has 12 heteroatoms. The Balaban J connectivity index is 0.000000509.